The van der Waals surface area contributed by atoms with Gasteiger partial charge in [-0.1, -0.05) is 42.5 Å². The Hall–Kier alpha value is -2.72. The number of carbonyl (C=O) groups excluding carboxylic acids is 1. The molecule has 26 heavy (non-hydrogen) atoms. The van der Waals surface area contributed by atoms with Gasteiger partial charge >= 0.3 is 0 Å². The maximum absolute atomic E-state index is 12.8. The molecule has 4 rings (SSSR count). The van der Waals surface area contributed by atoms with Gasteiger partial charge in [-0.15, -0.1) is 0 Å². The van der Waals surface area contributed by atoms with Crippen molar-refractivity contribution in [2.24, 2.45) is 0 Å². The number of aliphatic hydroxyl groups excluding tert-OH is 1. The van der Waals surface area contributed by atoms with Crippen molar-refractivity contribution in [2.75, 3.05) is 13.1 Å². The van der Waals surface area contributed by atoms with E-state index in [1.165, 1.54) is 10.8 Å². The highest BCUT2D eigenvalue weighted by Crippen LogP contribution is 2.31. The first-order chi connectivity index (χ1) is 12.6. The molecule has 4 nitrogen and oxygen atoms in total. The average molecular weight is 346 g/mol. The van der Waals surface area contributed by atoms with Gasteiger partial charge in [0.25, 0.3) is 5.91 Å². The van der Waals surface area contributed by atoms with Crippen LogP contribution in [-0.2, 0) is 0 Å². The number of nitrogens with zero attached hydrogens (tertiary/aromatic N) is 2. The summed E-state index contributed by atoms with van der Waals surface area (Å²) in [6, 6.07) is 18.2. The third-order valence-corrected chi connectivity index (χ3v) is 5.31. The van der Waals surface area contributed by atoms with Gasteiger partial charge in [-0.3, -0.25) is 9.78 Å². The molecule has 2 heterocycles. The molecule has 1 saturated heterocycles. The summed E-state index contributed by atoms with van der Waals surface area (Å²) in [5, 5.41) is 13.1. The SMILES string of the molecule is Cc1ncccc1C(=O)N1CCC(c2ccc3ccccc3c2)C(O)C1. The molecule has 2 unspecified atom stereocenters. The summed E-state index contributed by atoms with van der Waals surface area (Å²) < 4.78 is 0. The number of benzene rings is 2. The highest BCUT2D eigenvalue weighted by Gasteiger charge is 2.32. The second kappa shape index (κ2) is 6.89. The topological polar surface area (TPSA) is 53.4 Å². The van der Waals surface area contributed by atoms with E-state index in [1.54, 1.807) is 23.2 Å². The van der Waals surface area contributed by atoms with Crippen LogP contribution in [0.5, 0.6) is 0 Å². The maximum Gasteiger partial charge on any atom is 0.255 e. The monoisotopic (exact) mass is 346 g/mol. The number of likely N-dealkylation sites (tertiary alicyclic amines) is 1. The Kier molecular flexibility index (Phi) is 4.43. The lowest BCUT2D eigenvalue weighted by Gasteiger charge is -2.36. The molecular formula is C22H22N2O2. The molecule has 0 spiro atoms. The molecule has 2 aromatic carbocycles. The maximum atomic E-state index is 12.8. The number of rotatable bonds is 2. The van der Waals surface area contributed by atoms with Crippen molar-refractivity contribution in [1.29, 1.82) is 0 Å². The Morgan fingerprint density at radius 3 is 2.69 bits per heavy atom. The molecule has 2 atom stereocenters. The second-order valence-electron chi connectivity index (χ2n) is 6.96. The summed E-state index contributed by atoms with van der Waals surface area (Å²) in [5.74, 6) is 0.00487. The zero-order valence-electron chi connectivity index (χ0n) is 14.8. The average Bonchev–Trinajstić information content (AvgIpc) is 2.67. The summed E-state index contributed by atoms with van der Waals surface area (Å²) in [5.41, 5.74) is 2.48. The number of β-amino-alcohol motifs (C(OH)–C–C–N with tert-alkyl or cyclic N) is 1. The fourth-order valence-electron chi connectivity index (χ4n) is 3.82. The van der Waals surface area contributed by atoms with Gasteiger partial charge in [0, 0.05) is 30.9 Å². The van der Waals surface area contributed by atoms with E-state index in [0.29, 0.717) is 18.7 Å². The van der Waals surface area contributed by atoms with E-state index in [0.717, 1.165) is 17.7 Å². The zero-order chi connectivity index (χ0) is 18.1. The minimum Gasteiger partial charge on any atom is -0.391 e. The van der Waals surface area contributed by atoms with E-state index in [1.807, 2.05) is 19.1 Å². The van der Waals surface area contributed by atoms with E-state index >= 15 is 0 Å². The van der Waals surface area contributed by atoms with Crippen LogP contribution in [0.3, 0.4) is 0 Å². The smallest absolute Gasteiger partial charge is 0.255 e. The number of amides is 1. The molecule has 0 radical (unpaired) electrons. The van der Waals surface area contributed by atoms with Crippen LogP contribution in [0.25, 0.3) is 10.8 Å². The Morgan fingerprint density at radius 1 is 1.12 bits per heavy atom. The van der Waals surface area contributed by atoms with Crippen LogP contribution >= 0.6 is 0 Å². The van der Waals surface area contributed by atoms with Crippen molar-refractivity contribution in [2.45, 2.75) is 25.4 Å². The van der Waals surface area contributed by atoms with Crippen molar-refractivity contribution in [3.05, 3.63) is 77.6 Å². The van der Waals surface area contributed by atoms with Crippen molar-refractivity contribution < 1.29 is 9.90 Å². The molecule has 0 aliphatic carbocycles. The molecule has 0 bridgehead atoms. The number of hydrogen-bond acceptors (Lipinski definition) is 3. The van der Waals surface area contributed by atoms with Crippen molar-refractivity contribution in [3.8, 4) is 0 Å². The predicted molar refractivity (Wildman–Crippen MR) is 102 cm³/mol. The predicted octanol–water partition coefficient (Wildman–Crippen LogP) is 3.53. The van der Waals surface area contributed by atoms with Crippen molar-refractivity contribution >= 4 is 16.7 Å². The van der Waals surface area contributed by atoms with E-state index in [2.05, 4.69) is 35.3 Å². The number of carbonyl (C=O) groups is 1. The highest BCUT2D eigenvalue weighted by atomic mass is 16.3. The van der Waals surface area contributed by atoms with Gasteiger partial charge in [-0.2, -0.15) is 0 Å². The second-order valence-corrected chi connectivity index (χ2v) is 6.96. The quantitative estimate of drug-likeness (QED) is 0.772. The summed E-state index contributed by atoms with van der Waals surface area (Å²) in [6.45, 7) is 2.83. The summed E-state index contributed by atoms with van der Waals surface area (Å²) in [6.07, 6.45) is 1.88. The normalized spacial score (nSPS) is 20.3. The molecule has 1 aliphatic rings. The molecule has 4 heteroatoms. The van der Waals surface area contributed by atoms with Crippen LogP contribution in [0, 0.1) is 6.92 Å². The first kappa shape index (κ1) is 16.7. The lowest BCUT2D eigenvalue weighted by molar-refractivity contribution is 0.0381. The van der Waals surface area contributed by atoms with Crippen LogP contribution in [0.1, 0.15) is 34.0 Å². The van der Waals surface area contributed by atoms with Crippen LogP contribution in [0.4, 0.5) is 0 Å². The van der Waals surface area contributed by atoms with Crippen LogP contribution < -0.4 is 0 Å². The van der Waals surface area contributed by atoms with E-state index in [4.69, 9.17) is 0 Å². The Morgan fingerprint density at radius 2 is 1.92 bits per heavy atom. The molecule has 1 aromatic heterocycles. The Balaban J connectivity index is 1.53. The standard InChI is InChI=1S/C22H22N2O2/c1-15-19(7-4-11-23-15)22(26)24-12-10-20(21(25)14-24)18-9-8-16-5-2-3-6-17(16)13-18/h2-9,11,13,20-21,25H,10,12,14H2,1H3. The van der Waals surface area contributed by atoms with E-state index < -0.39 is 6.10 Å². The number of fused-ring (bicyclic) bond motifs is 1. The van der Waals surface area contributed by atoms with E-state index in [9.17, 15) is 9.90 Å². The minimum absolute atomic E-state index is 0.0494. The largest absolute Gasteiger partial charge is 0.391 e. The van der Waals surface area contributed by atoms with Gasteiger partial charge in [-0.05, 0) is 41.8 Å². The van der Waals surface area contributed by atoms with Crippen LogP contribution in [-0.4, -0.2) is 40.1 Å². The van der Waals surface area contributed by atoms with Gasteiger partial charge in [-0.25, -0.2) is 0 Å². The first-order valence-corrected chi connectivity index (χ1v) is 9.01. The molecule has 1 amide bonds. The third kappa shape index (κ3) is 3.08. The third-order valence-electron chi connectivity index (χ3n) is 5.31. The number of hydrogen-bond donors (Lipinski definition) is 1. The first-order valence-electron chi connectivity index (χ1n) is 9.01. The van der Waals surface area contributed by atoms with Gasteiger partial charge in [0.15, 0.2) is 0 Å². The number of piperidine rings is 1. The Labute approximate surface area is 153 Å². The molecule has 0 saturated carbocycles. The van der Waals surface area contributed by atoms with E-state index in [-0.39, 0.29) is 11.8 Å². The van der Waals surface area contributed by atoms with Gasteiger partial charge in [0.2, 0.25) is 0 Å². The fourth-order valence-corrected chi connectivity index (χ4v) is 3.82. The van der Waals surface area contributed by atoms with Crippen molar-refractivity contribution in [3.63, 3.8) is 0 Å². The minimum atomic E-state index is -0.564. The lowest BCUT2D eigenvalue weighted by atomic mass is 9.86. The molecule has 1 N–H and O–H groups in total. The van der Waals surface area contributed by atoms with Crippen molar-refractivity contribution in [1.82, 2.24) is 9.88 Å². The lowest BCUT2D eigenvalue weighted by Crippen LogP contribution is -2.45. The number of aromatic nitrogens is 1. The number of aliphatic hydroxyl groups is 1. The Bertz CT molecular complexity index is 954. The number of pyridine rings is 1. The molecule has 132 valence electrons. The summed E-state index contributed by atoms with van der Waals surface area (Å²) >= 11 is 0. The molecule has 1 aliphatic heterocycles. The summed E-state index contributed by atoms with van der Waals surface area (Å²) in [7, 11) is 0. The van der Waals surface area contributed by atoms with Gasteiger partial charge < -0.3 is 10.0 Å². The molecule has 1 fully saturated rings. The molecular weight excluding hydrogens is 324 g/mol. The zero-order valence-corrected chi connectivity index (χ0v) is 14.8. The number of aryl methyl sites for hydroxylation is 1. The summed E-state index contributed by atoms with van der Waals surface area (Å²) in [4.78, 5) is 18.7. The van der Waals surface area contributed by atoms with Crippen LogP contribution in [0.2, 0.25) is 0 Å². The van der Waals surface area contributed by atoms with Crippen LogP contribution in [0.15, 0.2) is 60.8 Å². The van der Waals surface area contributed by atoms with Gasteiger partial charge in [0.05, 0.1) is 11.7 Å². The fraction of sp³-hybridized carbons (Fsp3) is 0.273. The molecule has 3 aromatic rings. The highest BCUT2D eigenvalue weighted by molar-refractivity contribution is 5.95. The van der Waals surface area contributed by atoms with Gasteiger partial charge in [0.1, 0.15) is 0 Å².